The van der Waals surface area contributed by atoms with Crippen LogP contribution in [0.25, 0.3) is 0 Å². The molecule has 1 saturated heterocycles. The van der Waals surface area contributed by atoms with Crippen LogP contribution in [0.4, 0.5) is 0 Å². The van der Waals surface area contributed by atoms with Crippen LogP contribution in [0.5, 0.6) is 0 Å². The van der Waals surface area contributed by atoms with Crippen LogP contribution in [-0.2, 0) is 11.2 Å². The molecule has 28 heavy (non-hydrogen) atoms. The van der Waals surface area contributed by atoms with E-state index < -0.39 is 0 Å². The molecule has 0 radical (unpaired) electrons. The van der Waals surface area contributed by atoms with Crippen molar-refractivity contribution in [2.24, 2.45) is 4.99 Å². The van der Waals surface area contributed by atoms with Crippen molar-refractivity contribution in [1.82, 2.24) is 20.4 Å². The van der Waals surface area contributed by atoms with Crippen LogP contribution >= 0.6 is 0 Å². The van der Waals surface area contributed by atoms with Crippen molar-refractivity contribution in [1.29, 1.82) is 0 Å². The molecule has 6 heteroatoms. The number of morpholine rings is 1. The minimum Gasteiger partial charge on any atom is -0.379 e. The van der Waals surface area contributed by atoms with Gasteiger partial charge < -0.3 is 20.3 Å². The van der Waals surface area contributed by atoms with Gasteiger partial charge in [0.15, 0.2) is 5.96 Å². The molecule has 0 aliphatic carbocycles. The van der Waals surface area contributed by atoms with Crippen LogP contribution in [0, 0.1) is 0 Å². The highest BCUT2D eigenvalue weighted by Crippen LogP contribution is 2.19. The van der Waals surface area contributed by atoms with Crippen LogP contribution in [0.15, 0.2) is 29.3 Å². The van der Waals surface area contributed by atoms with Gasteiger partial charge in [0.1, 0.15) is 0 Å². The number of likely N-dealkylation sites (N-methyl/N-ethyl adjacent to an activating group) is 1. The van der Waals surface area contributed by atoms with Crippen LogP contribution in [0.3, 0.4) is 0 Å². The van der Waals surface area contributed by atoms with E-state index in [2.05, 4.69) is 72.6 Å². The van der Waals surface area contributed by atoms with Crippen LogP contribution in [-0.4, -0.2) is 82.3 Å². The number of guanidine groups is 1. The number of nitrogens with one attached hydrogen (secondary N) is 2. The van der Waals surface area contributed by atoms with Gasteiger partial charge in [-0.15, -0.1) is 0 Å². The summed E-state index contributed by atoms with van der Waals surface area (Å²) in [7, 11) is 4.24. The zero-order valence-corrected chi connectivity index (χ0v) is 18.2. The fourth-order valence-corrected chi connectivity index (χ4v) is 3.40. The topological polar surface area (TPSA) is 52.1 Å². The number of hydrogen-bond acceptors (Lipinski definition) is 4. The molecule has 0 saturated carbocycles. The second-order valence-corrected chi connectivity index (χ2v) is 7.53. The minimum absolute atomic E-state index is 0.273. The number of aryl methyl sites for hydroxylation is 1. The van der Waals surface area contributed by atoms with Gasteiger partial charge in [-0.2, -0.15) is 0 Å². The maximum atomic E-state index is 5.41. The maximum absolute atomic E-state index is 5.41. The van der Waals surface area contributed by atoms with E-state index in [9.17, 15) is 0 Å². The first-order valence-electron chi connectivity index (χ1n) is 10.7. The maximum Gasteiger partial charge on any atom is 0.191 e. The first kappa shape index (κ1) is 22.7. The molecule has 0 bridgehead atoms. The molecular weight excluding hydrogens is 350 g/mol. The number of ether oxygens (including phenoxy) is 1. The van der Waals surface area contributed by atoms with E-state index in [0.29, 0.717) is 0 Å². The van der Waals surface area contributed by atoms with E-state index >= 15 is 0 Å². The summed E-state index contributed by atoms with van der Waals surface area (Å²) in [5, 5.41) is 6.86. The van der Waals surface area contributed by atoms with Crippen molar-refractivity contribution >= 4 is 5.96 Å². The zero-order chi connectivity index (χ0) is 20.2. The van der Waals surface area contributed by atoms with E-state index in [-0.39, 0.29) is 6.04 Å². The summed E-state index contributed by atoms with van der Waals surface area (Å²) in [5.41, 5.74) is 2.69. The molecule has 1 aromatic rings. The van der Waals surface area contributed by atoms with Gasteiger partial charge in [-0.05, 0) is 51.5 Å². The summed E-state index contributed by atoms with van der Waals surface area (Å²) in [6.07, 6.45) is 2.18. The van der Waals surface area contributed by atoms with Gasteiger partial charge in [0.2, 0.25) is 0 Å². The quantitative estimate of drug-likeness (QED) is 0.365. The molecule has 1 heterocycles. The average Bonchev–Trinajstić information content (AvgIpc) is 2.72. The van der Waals surface area contributed by atoms with Gasteiger partial charge in [0.05, 0.1) is 25.8 Å². The van der Waals surface area contributed by atoms with Crippen molar-refractivity contribution in [3.05, 3.63) is 35.4 Å². The SMILES string of the molecule is CCNC(=NCC(c1ccc(CC)cc1)N(C)C)NCCCN1CCOCC1. The lowest BCUT2D eigenvalue weighted by Gasteiger charge is -2.26. The van der Waals surface area contributed by atoms with E-state index in [1.54, 1.807) is 0 Å². The normalized spacial score (nSPS) is 17.0. The van der Waals surface area contributed by atoms with E-state index in [0.717, 1.165) is 71.3 Å². The lowest BCUT2D eigenvalue weighted by atomic mass is 10.0. The predicted molar refractivity (Wildman–Crippen MR) is 118 cm³/mol. The number of hydrogen-bond donors (Lipinski definition) is 2. The molecule has 1 atom stereocenters. The summed E-state index contributed by atoms with van der Waals surface area (Å²) >= 11 is 0. The molecule has 1 unspecified atom stereocenters. The largest absolute Gasteiger partial charge is 0.379 e. The summed E-state index contributed by atoms with van der Waals surface area (Å²) in [4.78, 5) is 9.57. The molecular formula is C22H39N5O. The second-order valence-electron chi connectivity index (χ2n) is 7.53. The Hall–Kier alpha value is -1.63. The Morgan fingerprint density at radius 1 is 1.14 bits per heavy atom. The summed E-state index contributed by atoms with van der Waals surface area (Å²) in [6, 6.07) is 9.20. The van der Waals surface area contributed by atoms with Gasteiger partial charge >= 0.3 is 0 Å². The molecule has 1 fully saturated rings. The summed E-state index contributed by atoms with van der Waals surface area (Å²) < 4.78 is 5.41. The average molecular weight is 390 g/mol. The Bertz CT molecular complexity index is 567. The molecule has 2 N–H and O–H groups in total. The number of nitrogens with zero attached hydrogens (tertiary/aromatic N) is 3. The molecule has 0 aromatic heterocycles. The Labute approximate surface area is 171 Å². The van der Waals surface area contributed by atoms with Gasteiger partial charge in [-0.3, -0.25) is 9.89 Å². The fourth-order valence-electron chi connectivity index (χ4n) is 3.40. The van der Waals surface area contributed by atoms with Gasteiger partial charge in [0.25, 0.3) is 0 Å². The fraction of sp³-hybridized carbons (Fsp3) is 0.682. The van der Waals surface area contributed by atoms with Crippen molar-refractivity contribution < 1.29 is 4.74 Å². The molecule has 1 aromatic carbocycles. The molecule has 6 nitrogen and oxygen atoms in total. The second kappa shape index (κ2) is 12.8. The highest BCUT2D eigenvalue weighted by Gasteiger charge is 2.14. The highest BCUT2D eigenvalue weighted by molar-refractivity contribution is 5.79. The molecule has 0 amide bonds. The van der Waals surface area contributed by atoms with Crippen molar-refractivity contribution in [3.63, 3.8) is 0 Å². The lowest BCUT2D eigenvalue weighted by molar-refractivity contribution is 0.0376. The smallest absolute Gasteiger partial charge is 0.191 e. The monoisotopic (exact) mass is 389 g/mol. The first-order valence-corrected chi connectivity index (χ1v) is 10.7. The Kier molecular flexibility index (Phi) is 10.3. The number of rotatable bonds is 10. The van der Waals surface area contributed by atoms with Crippen molar-refractivity contribution in [2.45, 2.75) is 32.7 Å². The van der Waals surface area contributed by atoms with Gasteiger partial charge in [-0.1, -0.05) is 31.2 Å². The third-order valence-electron chi connectivity index (χ3n) is 5.21. The molecule has 1 aliphatic heterocycles. The Morgan fingerprint density at radius 2 is 1.86 bits per heavy atom. The Morgan fingerprint density at radius 3 is 2.46 bits per heavy atom. The molecule has 2 rings (SSSR count). The third kappa shape index (κ3) is 7.78. The standard InChI is InChI=1S/C22H39N5O/c1-5-19-8-10-20(11-9-19)21(26(3)4)18-25-22(23-6-2)24-12-7-13-27-14-16-28-17-15-27/h8-11,21H,5-7,12-18H2,1-4H3,(H2,23,24,25). The molecule has 1 aliphatic rings. The predicted octanol–water partition coefficient (Wildman–Crippen LogP) is 2.13. The van der Waals surface area contributed by atoms with Crippen LogP contribution in [0.1, 0.15) is 37.4 Å². The summed E-state index contributed by atoms with van der Waals surface area (Å²) in [6.45, 7) is 11.8. The molecule has 158 valence electrons. The van der Waals surface area contributed by atoms with Crippen molar-refractivity contribution in [3.8, 4) is 0 Å². The first-order chi connectivity index (χ1) is 13.6. The van der Waals surface area contributed by atoms with Crippen LogP contribution in [0.2, 0.25) is 0 Å². The highest BCUT2D eigenvalue weighted by atomic mass is 16.5. The van der Waals surface area contributed by atoms with E-state index in [1.807, 2.05) is 0 Å². The van der Waals surface area contributed by atoms with Crippen molar-refractivity contribution in [2.75, 3.05) is 66.6 Å². The third-order valence-corrected chi connectivity index (χ3v) is 5.21. The van der Waals surface area contributed by atoms with Gasteiger partial charge in [-0.25, -0.2) is 0 Å². The van der Waals surface area contributed by atoms with Gasteiger partial charge in [0, 0.05) is 26.2 Å². The summed E-state index contributed by atoms with van der Waals surface area (Å²) in [5.74, 6) is 0.904. The number of benzene rings is 1. The van der Waals surface area contributed by atoms with E-state index in [4.69, 9.17) is 9.73 Å². The minimum atomic E-state index is 0.273. The Balaban J connectivity index is 1.86. The van der Waals surface area contributed by atoms with Crippen LogP contribution < -0.4 is 10.6 Å². The van der Waals surface area contributed by atoms with E-state index in [1.165, 1.54) is 11.1 Å². The number of aliphatic imine (C=N–C) groups is 1. The molecule has 0 spiro atoms. The zero-order valence-electron chi connectivity index (χ0n) is 18.2. The lowest BCUT2D eigenvalue weighted by Crippen LogP contribution is -2.41.